The molecule has 142 valence electrons. The summed E-state index contributed by atoms with van der Waals surface area (Å²) in [6, 6.07) is 5.36. The van der Waals surface area contributed by atoms with Crippen LogP contribution in [0.25, 0.3) is 0 Å². The number of hydrogen-bond donors (Lipinski definition) is 2. The molecule has 0 unspecified atom stereocenters. The summed E-state index contributed by atoms with van der Waals surface area (Å²) >= 11 is 0. The summed E-state index contributed by atoms with van der Waals surface area (Å²) in [7, 11) is 0. The van der Waals surface area contributed by atoms with Gasteiger partial charge in [-0.2, -0.15) is 0 Å². The molecule has 4 rings (SSSR count). The number of carbonyl (C=O) groups excluding carboxylic acids is 3. The number of hydrogen-bond acceptors (Lipinski definition) is 4. The van der Waals surface area contributed by atoms with Crippen molar-refractivity contribution < 1.29 is 14.4 Å². The monoisotopic (exact) mass is 367 g/mol. The highest BCUT2D eigenvalue weighted by molar-refractivity contribution is 6.18. The molecule has 1 atom stereocenters. The third-order valence-corrected chi connectivity index (χ3v) is 5.89. The van der Waals surface area contributed by atoms with Gasteiger partial charge in [-0.15, -0.1) is 0 Å². The van der Waals surface area contributed by atoms with Gasteiger partial charge in [0.25, 0.3) is 0 Å². The molecule has 1 saturated heterocycles. The van der Waals surface area contributed by atoms with Crippen molar-refractivity contribution in [3.63, 3.8) is 0 Å². The molecular formula is C21H25N3O3. The number of nitrogens with one attached hydrogen (secondary N) is 2. The highest BCUT2D eigenvalue weighted by Crippen LogP contribution is 2.29. The number of nitrogens with zero attached hydrogens (tertiary/aromatic N) is 1. The lowest BCUT2D eigenvalue weighted by Gasteiger charge is -2.38. The van der Waals surface area contributed by atoms with Gasteiger partial charge in [-0.05, 0) is 55.4 Å². The molecule has 1 aliphatic heterocycles. The fourth-order valence-corrected chi connectivity index (χ4v) is 4.49. The lowest BCUT2D eigenvalue weighted by atomic mass is 9.91. The third-order valence-electron chi connectivity index (χ3n) is 5.89. The summed E-state index contributed by atoms with van der Waals surface area (Å²) in [5.41, 5.74) is 3.78. The summed E-state index contributed by atoms with van der Waals surface area (Å²) < 4.78 is 0. The van der Waals surface area contributed by atoms with E-state index in [-0.39, 0.29) is 6.04 Å². The molecular weight excluding hydrogens is 342 g/mol. The van der Waals surface area contributed by atoms with Crippen molar-refractivity contribution in [2.45, 2.75) is 57.4 Å². The Bertz CT molecular complexity index is 811. The molecule has 0 radical (unpaired) electrons. The number of anilines is 1. The Balaban J connectivity index is 1.52. The van der Waals surface area contributed by atoms with Crippen LogP contribution in [0.1, 0.15) is 49.7 Å². The molecule has 1 saturated carbocycles. The molecule has 0 aromatic heterocycles. The van der Waals surface area contributed by atoms with Crippen LogP contribution in [-0.4, -0.2) is 28.8 Å². The van der Waals surface area contributed by atoms with Crippen molar-refractivity contribution in [2.24, 2.45) is 5.92 Å². The second-order valence-electron chi connectivity index (χ2n) is 7.71. The van der Waals surface area contributed by atoms with E-state index in [0.29, 0.717) is 5.70 Å². The average Bonchev–Trinajstić information content (AvgIpc) is 3.10. The van der Waals surface area contributed by atoms with Gasteiger partial charge < -0.3 is 5.32 Å². The van der Waals surface area contributed by atoms with Gasteiger partial charge in [0.1, 0.15) is 0 Å². The number of benzene rings is 1. The molecule has 27 heavy (non-hydrogen) atoms. The van der Waals surface area contributed by atoms with Crippen LogP contribution in [0.3, 0.4) is 0 Å². The largest absolute Gasteiger partial charge is 0.358 e. The van der Waals surface area contributed by atoms with Crippen molar-refractivity contribution in [1.82, 2.24) is 10.2 Å². The Morgan fingerprint density at radius 2 is 1.78 bits per heavy atom. The van der Waals surface area contributed by atoms with E-state index in [2.05, 4.69) is 29.3 Å². The maximum atomic E-state index is 13.0. The van der Waals surface area contributed by atoms with E-state index in [1.165, 1.54) is 16.0 Å². The average molecular weight is 367 g/mol. The number of amides is 4. The maximum absolute atomic E-state index is 13.0. The predicted molar refractivity (Wildman–Crippen MR) is 102 cm³/mol. The van der Waals surface area contributed by atoms with E-state index in [1.54, 1.807) is 0 Å². The van der Waals surface area contributed by atoms with Gasteiger partial charge in [0.05, 0.1) is 0 Å². The molecule has 4 amide bonds. The van der Waals surface area contributed by atoms with Crippen LogP contribution >= 0.6 is 0 Å². The van der Waals surface area contributed by atoms with Gasteiger partial charge in [-0.1, -0.05) is 31.9 Å². The van der Waals surface area contributed by atoms with E-state index in [0.717, 1.165) is 57.1 Å². The minimum atomic E-state index is -1.09. The van der Waals surface area contributed by atoms with Gasteiger partial charge in [-0.25, -0.2) is 4.79 Å². The third kappa shape index (κ3) is 3.36. The second kappa shape index (κ2) is 7.18. The summed E-state index contributed by atoms with van der Waals surface area (Å²) in [6.07, 6.45) is 8.00. The molecule has 2 fully saturated rings. The molecule has 2 N–H and O–H groups in total. The summed E-state index contributed by atoms with van der Waals surface area (Å²) in [5, 5.41) is 5.47. The van der Waals surface area contributed by atoms with Crippen LogP contribution < -0.4 is 10.6 Å². The summed E-state index contributed by atoms with van der Waals surface area (Å²) in [6.45, 7) is 3.94. The minimum absolute atomic E-state index is 0.130. The Morgan fingerprint density at radius 3 is 2.56 bits per heavy atom. The molecule has 3 aliphatic rings. The fraction of sp³-hybridized carbons (Fsp3) is 0.476. The quantitative estimate of drug-likeness (QED) is 0.802. The first-order valence-electron chi connectivity index (χ1n) is 9.80. The number of imide groups is 2. The van der Waals surface area contributed by atoms with Crippen LogP contribution in [0, 0.1) is 5.92 Å². The van der Waals surface area contributed by atoms with Crippen LogP contribution in [-0.2, 0) is 22.4 Å². The Labute approximate surface area is 159 Å². The number of barbiturate groups is 1. The fourth-order valence-electron chi connectivity index (χ4n) is 4.49. The summed E-state index contributed by atoms with van der Waals surface area (Å²) in [4.78, 5) is 38.9. The first-order chi connectivity index (χ1) is 13.0. The standard InChI is InChI=1S/C21H25N3O3/c1-13(22-16-11-10-14-6-5-7-15(14)12-16)18-19(25)23-21(27)24(20(18)26)17-8-3-2-4-9-17/h10-12,17-18,22H,1-9H2,(H,23,25,27)/t18-/m1/s1. The molecule has 0 spiro atoms. The minimum Gasteiger partial charge on any atom is -0.358 e. The highest BCUT2D eigenvalue weighted by Gasteiger charge is 2.45. The first-order valence-corrected chi connectivity index (χ1v) is 9.80. The summed E-state index contributed by atoms with van der Waals surface area (Å²) in [5.74, 6) is -2.15. The van der Waals surface area contributed by atoms with Crippen molar-refractivity contribution in [2.75, 3.05) is 5.32 Å². The Morgan fingerprint density at radius 1 is 1.04 bits per heavy atom. The molecule has 1 aromatic rings. The van der Waals surface area contributed by atoms with Crippen molar-refractivity contribution in [3.05, 3.63) is 41.6 Å². The number of carbonyl (C=O) groups is 3. The van der Waals surface area contributed by atoms with Crippen molar-refractivity contribution >= 4 is 23.5 Å². The number of urea groups is 1. The zero-order valence-electron chi connectivity index (χ0n) is 15.4. The number of rotatable bonds is 4. The van der Waals surface area contributed by atoms with E-state index in [4.69, 9.17) is 0 Å². The van der Waals surface area contributed by atoms with Crippen molar-refractivity contribution in [1.29, 1.82) is 0 Å². The van der Waals surface area contributed by atoms with Crippen molar-refractivity contribution in [3.8, 4) is 0 Å². The Hall–Kier alpha value is -2.63. The van der Waals surface area contributed by atoms with E-state index in [1.807, 2.05) is 6.07 Å². The zero-order chi connectivity index (χ0) is 19.0. The van der Waals surface area contributed by atoms with Gasteiger partial charge in [0.2, 0.25) is 11.8 Å². The second-order valence-corrected chi connectivity index (χ2v) is 7.71. The van der Waals surface area contributed by atoms with Crippen LogP contribution in [0.2, 0.25) is 0 Å². The van der Waals surface area contributed by atoms with Crippen LogP contribution in [0.15, 0.2) is 30.5 Å². The van der Waals surface area contributed by atoms with Gasteiger partial charge in [-0.3, -0.25) is 19.8 Å². The molecule has 6 nitrogen and oxygen atoms in total. The SMILES string of the molecule is C=C(Nc1ccc2c(c1)CCC2)[C@@H]1C(=O)NC(=O)N(C2CCCCC2)C1=O. The predicted octanol–water partition coefficient (Wildman–Crippen LogP) is 3.13. The number of aryl methyl sites for hydroxylation is 2. The lowest BCUT2D eigenvalue weighted by molar-refractivity contribution is -0.142. The van der Waals surface area contributed by atoms with Gasteiger partial charge >= 0.3 is 6.03 Å². The maximum Gasteiger partial charge on any atom is 0.331 e. The molecule has 2 aliphatic carbocycles. The molecule has 0 bridgehead atoms. The van der Waals surface area contributed by atoms with Gasteiger partial charge in [0.15, 0.2) is 5.92 Å². The normalized spacial score (nSPS) is 23.2. The van der Waals surface area contributed by atoms with Crippen LogP contribution in [0.4, 0.5) is 10.5 Å². The van der Waals surface area contributed by atoms with E-state index in [9.17, 15) is 14.4 Å². The van der Waals surface area contributed by atoms with E-state index < -0.39 is 23.8 Å². The smallest absolute Gasteiger partial charge is 0.331 e. The number of fused-ring (bicyclic) bond motifs is 1. The molecule has 1 heterocycles. The lowest BCUT2D eigenvalue weighted by Crippen LogP contribution is -2.61. The highest BCUT2D eigenvalue weighted by atomic mass is 16.2. The van der Waals surface area contributed by atoms with Gasteiger partial charge in [0, 0.05) is 17.4 Å². The molecule has 6 heteroatoms. The topological polar surface area (TPSA) is 78.5 Å². The molecule has 1 aromatic carbocycles. The Kier molecular flexibility index (Phi) is 4.72. The van der Waals surface area contributed by atoms with E-state index >= 15 is 0 Å². The van der Waals surface area contributed by atoms with Crippen LogP contribution in [0.5, 0.6) is 0 Å². The first kappa shape index (κ1) is 17.8. The zero-order valence-corrected chi connectivity index (χ0v) is 15.4.